The highest BCUT2D eigenvalue weighted by Crippen LogP contribution is 2.25. The fourth-order valence-electron chi connectivity index (χ4n) is 1.55. The molecule has 1 heterocycles. The summed E-state index contributed by atoms with van der Waals surface area (Å²) in [5, 5.41) is 0. The molecule has 0 fully saturated rings. The van der Waals surface area contributed by atoms with Crippen LogP contribution < -0.4 is 0 Å². The summed E-state index contributed by atoms with van der Waals surface area (Å²) in [7, 11) is 0. The summed E-state index contributed by atoms with van der Waals surface area (Å²) in [5.74, 6) is -2.07. The van der Waals surface area contributed by atoms with Gasteiger partial charge in [0.1, 0.15) is 0 Å². The number of hydrogen-bond donors (Lipinski definition) is 0. The zero-order valence-electron chi connectivity index (χ0n) is 12.0. The maximum absolute atomic E-state index is 12.0. The Labute approximate surface area is 128 Å². The van der Waals surface area contributed by atoms with Crippen molar-refractivity contribution in [2.24, 2.45) is 5.92 Å². The number of carbonyl (C=O) groups is 2. The van der Waals surface area contributed by atoms with Crippen LogP contribution in [0.2, 0.25) is 4.34 Å². The van der Waals surface area contributed by atoms with Crippen LogP contribution in [0.5, 0.6) is 0 Å². The third-order valence-corrected chi connectivity index (χ3v) is 3.56. The van der Waals surface area contributed by atoms with E-state index < -0.39 is 17.9 Å². The first-order chi connectivity index (χ1) is 9.29. The van der Waals surface area contributed by atoms with Crippen molar-refractivity contribution in [3.63, 3.8) is 0 Å². The third kappa shape index (κ3) is 5.51. The summed E-state index contributed by atoms with van der Waals surface area (Å²) in [5.41, 5.74) is 0. The van der Waals surface area contributed by atoms with Crippen LogP contribution in [-0.2, 0) is 25.5 Å². The number of halogens is 1. The Morgan fingerprint density at radius 3 is 1.95 bits per heavy atom. The largest absolute Gasteiger partial charge is 0.462 e. The molecule has 0 saturated carbocycles. The lowest BCUT2D eigenvalue weighted by Crippen LogP contribution is -2.32. The van der Waals surface area contributed by atoms with E-state index in [1.165, 1.54) is 11.3 Å². The second-order valence-electron chi connectivity index (χ2n) is 4.93. The van der Waals surface area contributed by atoms with Crippen LogP contribution in [0.25, 0.3) is 0 Å². The van der Waals surface area contributed by atoms with Gasteiger partial charge in [0.05, 0.1) is 16.5 Å². The van der Waals surface area contributed by atoms with Crippen LogP contribution in [-0.4, -0.2) is 24.1 Å². The van der Waals surface area contributed by atoms with E-state index in [1.54, 1.807) is 39.8 Å². The first-order valence-corrected chi connectivity index (χ1v) is 7.64. The molecule has 1 aromatic heterocycles. The smallest absolute Gasteiger partial charge is 0.320 e. The van der Waals surface area contributed by atoms with Crippen LogP contribution in [0.1, 0.15) is 32.6 Å². The van der Waals surface area contributed by atoms with Gasteiger partial charge in [-0.25, -0.2) is 0 Å². The molecule has 20 heavy (non-hydrogen) atoms. The molecule has 0 spiro atoms. The monoisotopic (exact) mass is 318 g/mol. The number of carbonyl (C=O) groups excluding carboxylic acids is 2. The van der Waals surface area contributed by atoms with E-state index in [0.717, 1.165) is 4.88 Å². The molecule has 4 nitrogen and oxygen atoms in total. The molecule has 6 heteroatoms. The lowest BCUT2D eigenvalue weighted by molar-refractivity contribution is -0.166. The van der Waals surface area contributed by atoms with Crippen LogP contribution in [0, 0.1) is 5.92 Å². The molecule has 0 radical (unpaired) electrons. The molecule has 112 valence electrons. The van der Waals surface area contributed by atoms with Gasteiger partial charge in [-0.2, -0.15) is 0 Å². The number of hydrogen-bond acceptors (Lipinski definition) is 5. The zero-order chi connectivity index (χ0) is 15.3. The fourth-order valence-corrected chi connectivity index (χ4v) is 2.69. The summed E-state index contributed by atoms with van der Waals surface area (Å²) >= 11 is 7.20. The van der Waals surface area contributed by atoms with Crippen molar-refractivity contribution >= 4 is 34.9 Å². The van der Waals surface area contributed by atoms with Crippen molar-refractivity contribution in [2.45, 2.75) is 46.3 Å². The van der Waals surface area contributed by atoms with Crippen LogP contribution in [0.4, 0.5) is 0 Å². The Morgan fingerprint density at radius 2 is 1.60 bits per heavy atom. The fraction of sp³-hybridized carbons (Fsp3) is 0.571. The minimum atomic E-state index is -0.950. The molecule has 0 aliphatic carbocycles. The summed E-state index contributed by atoms with van der Waals surface area (Å²) in [6.07, 6.45) is -0.304. The van der Waals surface area contributed by atoms with E-state index in [4.69, 9.17) is 21.1 Å². The Bertz CT molecular complexity index is 445. The summed E-state index contributed by atoms with van der Waals surface area (Å²) in [4.78, 5) is 24.9. The van der Waals surface area contributed by atoms with E-state index in [1.807, 2.05) is 0 Å². The molecular weight excluding hydrogens is 300 g/mol. The van der Waals surface area contributed by atoms with Gasteiger partial charge in [0.15, 0.2) is 5.92 Å². The average Bonchev–Trinajstić information content (AvgIpc) is 2.69. The van der Waals surface area contributed by atoms with Gasteiger partial charge in [-0.3, -0.25) is 9.59 Å². The first-order valence-electron chi connectivity index (χ1n) is 6.44. The van der Waals surface area contributed by atoms with Crippen molar-refractivity contribution in [2.75, 3.05) is 0 Å². The zero-order valence-corrected chi connectivity index (χ0v) is 13.6. The maximum Gasteiger partial charge on any atom is 0.320 e. The Balaban J connectivity index is 2.83. The molecule has 1 aromatic rings. The predicted octanol–water partition coefficient (Wildman–Crippen LogP) is 3.46. The minimum Gasteiger partial charge on any atom is -0.462 e. The molecule has 0 saturated heterocycles. The molecular formula is C14H19ClO4S. The van der Waals surface area contributed by atoms with Crippen LogP contribution >= 0.6 is 22.9 Å². The predicted molar refractivity (Wildman–Crippen MR) is 79.0 cm³/mol. The van der Waals surface area contributed by atoms with Gasteiger partial charge < -0.3 is 9.47 Å². The lowest BCUT2D eigenvalue weighted by Gasteiger charge is -2.17. The third-order valence-electron chi connectivity index (χ3n) is 2.31. The number of ether oxygens (including phenoxy) is 2. The highest BCUT2D eigenvalue weighted by Gasteiger charge is 2.31. The van der Waals surface area contributed by atoms with E-state index in [2.05, 4.69) is 0 Å². The van der Waals surface area contributed by atoms with Crippen LogP contribution in [0.15, 0.2) is 12.1 Å². The molecule has 0 aliphatic heterocycles. The van der Waals surface area contributed by atoms with Gasteiger partial charge in [-0.1, -0.05) is 11.6 Å². The second kappa shape index (κ2) is 7.64. The van der Waals surface area contributed by atoms with Crippen LogP contribution in [0.3, 0.4) is 0 Å². The molecule has 0 unspecified atom stereocenters. The van der Waals surface area contributed by atoms with Crippen molar-refractivity contribution in [3.8, 4) is 0 Å². The summed E-state index contributed by atoms with van der Waals surface area (Å²) in [6, 6.07) is 3.53. The molecule has 0 bridgehead atoms. The topological polar surface area (TPSA) is 52.6 Å². The number of thiophene rings is 1. The van der Waals surface area contributed by atoms with Crippen molar-refractivity contribution < 1.29 is 19.1 Å². The Morgan fingerprint density at radius 1 is 1.10 bits per heavy atom. The lowest BCUT2D eigenvalue weighted by atomic mass is 10.0. The summed E-state index contributed by atoms with van der Waals surface area (Å²) < 4.78 is 10.9. The SMILES string of the molecule is CC(C)OC(=O)C(Cc1ccc(Cl)s1)C(=O)OC(C)C. The molecule has 0 atom stereocenters. The van der Waals surface area contributed by atoms with Crippen molar-refractivity contribution in [1.29, 1.82) is 0 Å². The first kappa shape index (κ1) is 17.0. The van der Waals surface area contributed by atoms with E-state index >= 15 is 0 Å². The minimum absolute atomic E-state index is 0.245. The van der Waals surface area contributed by atoms with E-state index in [9.17, 15) is 9.59 Å². The van der Waals surface area contributed by atoms with Gasteiger partial charge in [0.2, 0.25) is 0 Å². The molecule has 0 aliphatic rings. The number of rotatable bonds is 6. The normalized spacial score (nSPS) is 11.2. The average molecular weight is 319 g/mol. The van der Waals surface area contributed by atoms with Crippen molar-refractivity contribution in [3.05, 3.63) is 21.3 Å². The Hall–Kier alpha value is -1.07. The van der Waals surface area contributed by atoms with E-state index in [0.29, 0.717) is 4.34 Å². The van der Waals surface area contributed by atoms with Gasteiger partial charge in [0.25, 0.3) is 0 Å². The maximum atomic E-state index is 12.0. The number of esters is 2. The van der Waals surface area contributed by atoms with Crippen molar-refractivity contribution in [1.82, 2.24) is 0 Å². The molecule has 0 amide bonds. The molecule has 0 aromatic carbocycles. The highest BCUT2D eigenvalue weighted by atomic mass is 35.5. The van der Waals surface area contributed by atoms with Gasteiger partial charge in [-0.15, -0.1) is 11.3 Å². The standard InChI is InChI=1S/C14H19ClO4S/c1-8(2)18-13(16)11(14(17)19-9(3)4)7-10-5-6-12(15)20-10/h5-6,8-9,11H,7H2,1-4H3. The molecule has 0 N–H and O–H groups in total. The summed E-state index contributed by atoms with van der Waals surface area (Å²) in [6.45, 7) is 6.96. The van der Waals surface area contributed by atoms with E-state index in [-0.39, 0.29) is 18.6 Å². The highest BCUT2D eigenvalue weighted by molar-refractivity contribution is 7.16. The quantitative estimate of drug-likeness (QED) is 0.595. The second-order valence-corrected chi connectivity index (χ2v) is 6.73. The van der Waals surface area contributed by atoms with Gasteiger partial charge >= 0.3 is 11.9 Å². The molecule has 1 rings (SSSR count). The van der Waals surface area contributed by atoms with Gasteiger partial charge in [-0.05, 0) is 39.8 Å². The van der Waals surface area contributed by atoms with Gasteiger partial charge in [0, 0.05) is 11.3 Å². The Kier molecular flexibility index (Phi) is 6.49.